The number of fused-ring (bicyclic) bond motifs is 2. The lowest BCUT2D eigenvalue weighted by Gasteiger charge is -2.47. The van der Waals surface area contributed by atoms with E-state index in [1.165, 1.54) is 16.5 Å². The van der Waals surface area contributed by atoms with Gasteiger partial charge >= 0.3 is 0 Å². The Bertz CT molecular complexity index is 1080. The SMILES string of the molecule is C=C[C@]1(C)CC[C@](C)(C(C)C)c2cc3c4c(c[nH]c4c21)C[C@H](CO)NC(=O)[C@H](C(C)C)N3C. The monoisotopic (exact) mass is 451 g/mol. The number of rotatable bonds is 4. The van der Waals surface area contributed by atoms with Crippen LogP contribution in [0.2, 0.25) is 0 Å². The van der Waals surface area contributed by atoms with Crippen molar-refractivity contribution in [3.05, 3.63) is 41.6 Å². The molecular weight excluding hydrogens is 410 g/mol. The molecule has 5 heteroatoms. The summed E-state index contributed by atoms with van der Waals surface area (Å²) in [5, 5.41) is 14.3. The molecule has 3 N–H and O–H groups in total. The summed E-state index contributed by atoms with van der Waals surface area (Å²) in [6, 6.07) is 1.75. The van der Waals surface area contributed by atoms with Crippen LogP contribution < -0.4 is 10.2 Å². The minimum Gasteiger partial charge on any atom is -0.394 e. The number of likely N-dealkylation sites (N-methyl/N-ethyl adjacent to an activating group) is 1. The van der Waals surface area contributed by atoms with Gasteiger partial charge in [0.15, 0.2) is 0 Å². The lowest BCUT2D eigenvalue weighted by Crippen LogP contribution is -2.52. The summed E-state index contributed by atoms with van der Waals surface area (Å²) in [4.78, 5) is 19.1. The molecule has 0 saturated carbocycles. The number of aliphatic hydroxyl groups is 1. The van der Waals surface area contributed by atoms with Gasteiger partial charge in [-0.05, 0) is 59.3 Å². The molecular formula is C28H41N3O2. The molecule has 1 amide bonds. The maximum Gasteiger partial charge on any atom is 0.243 e. The first-order chi connectivity index (χ1) is 15.5. The zero-order valence-corrected chi connectivity index (χ0v) is 21.4. The summed E-state index contributed by atoms with van der Waals surface area (Å²) in [5.74, 6) is 0.583. The minimum atomic E-state index is -0.319. The number of hydrogen-bond donors (Lipinski definition) is 3. The van der Waals surface area contributed by atoms with E-state index in [0.29, 0.717) is 12.3 Å². The van der Waals surface area contributed by atoms with Crippen molar-refractivity contribution >= 4 is 22.5 Å². The van der Waals surface area contributed by atoms with Gasteiger partial charge < -0.3 is 20.3 Å². The van der Waals surface area contributed by atoms with Crippen LogP contribution in [0.25, 0.3) is 10.9 Å². The average Bonchev–Trinajstić information content (AvgIpc) is 3.18. The lowest BCUT2D eigenvalue weighted by atomic mass is 9.57. The van der Waals surface area contributed by atoms with Crippen LogP contribution in [0.4, 0.5) is 5.69 Å². The van der Waals surface area contributed by atoms with E-state index in [4.69, 9.17) is 0 Å². The van der Waals surface area contributed by atoms with Crippen molar-refractivity contribution < 1.29 is 9.90 Å². The largest absolute Gasteiger partial charge is 0.394 e. The normalized spacial score (nSPS) is 30.1. The van der Waals surface area contributed by atoms with Gasteiger partial charge in [-0.15, -0.1) is 6.58 Å². The second-order valence-corrected chi connectivity index (χ2v) is 11.5. The minimum absolute atomic E-state index is 0.0193. The second kappa shape index (κ2) is 8.19. The summed E-state index contributed by atoms with van der Waals surface area (Å²) in [7, 11) is 2.05. The highest BCUT2D eigenvalue weighted by Gasteiger charge is 2.45. The van der Waals surface area contributed by atoms with Crippen LogP contribution in [0.15, 0.2) is 24.9 Å². The Morgan fingerprint density at radius 1 is 1.27 bits per heavy atom. The van der Waals surface area contributed by atoms with E-state index in [2.05, 4.69) is 81.7 Å². The summed E-state index contributed by atoms with van der Waals surface area (Å²) in [6.45, 7) is 17.7. The third-order valence-corrected chi connectivity index (χ3v) is 8.82. The van der Waals surface area contributed by atoms with Gasteiger partial charge in [-0.1, -0.05) is 47.6 Å². The van der Waals surface area contributed by atoms with E-state index in [9.17, 15) is 9.90 Å². The molecule has 1 aromatic heterocycles. The van der Waals surface area contributed by atoms with Crippen LogP contribution in [0.5, 0.6) is 0 Å². The maximum absolute atomic E-state index is 13.3. The van der Waals surface area contributed by atoms with Gasteiger partial charge in [0.2, 0.25) is 5.91 Å². The number of carbonyl (C=O) groups is 1. The third-order valence-electron chi connectivity index (χ3n) is 8.82. The number of carbonyl (C=O) groups excluding carboxylic acids is 1. The number of allylic oxidation sites excluding steroid dienone is 1. The van der Waals surface area contributed by atoms with Gasteiger partial charge in [0.25, 0.3) is 0 Å². The Morgan fingerprint density at radius 2 is 1.97 bits per heavy atom. The lowest BCUT2D eigenvalue weighted by molar-refractivity contribution is -0.124. The molecule has 1 aliphatic carbocycles. The molecule has 4 rings (SSSR count). The van der Waals surface area contributed by atoms with Crippen LogP contribution in [0, 0.1) is 11.8 Å². The van der Waals surface area contributed by atoms with Crippen molar-refractivity contribution in [3.8, 4) is 0 Å². The Kier molecular flexibility index (Phi) is 5.93. The van der Waals surface area contributed by atoms with Crippen molar-refractivity contribution in [1.29, 1.82) is 0 Å². The number of amides is 1. The Hall–Kier alpha value is -2.27. The zero-order valence-electron chi connectivity index (χ0n) is 21.4. The fourth-order valence-electron chi connectivity index (χ4n) is 6.22. The number of aliphatic hydroxyl groups excluding tert-OH is 1. The number of anilines is 1. The van der Waals surface area contributed by atoms with E-state index in [-0.39, 0.29) is 41.3 Å². The standard InChI is InChI=1S/C28H41N3O2/c1-9-27(6)10-11-28(7,17(4)5)20-13-21-22-18(14-29-24(22)23(20)27)12-19(15-32)30-26(33)25(16(2)3)31(21)8/h9,13-14,16-17,19,25,29,32H,1,10-12,15H2,2-8H3,(H,30,33)/t19-,25+,27-,28-/m1/s1. The highest BCUT2D eigenvalue weighted by atomic mass is 16.3. The van der Waals surface area contributed by atoms with Crippen molar-refractivity contribution in [2.45, 2.75) is 83.7 Å². The number of aromatic amines is 1. The smallest absolute Gasteiger partial charge is 0.243 e. The van der Waals surface area contributed by atoms with E-state index in [1.807, 2.05) is 7.05 Å². The number of benzene rings is 1. The summed E-state index contributed by atoms with van der Waals surface area (Å²) in [5.41, 5.74) is 6.04. The Morgan fingerprint density at radius 3 is 2.55 bits per heavy atom. The summed E-state index contributed by atoms with van der Waals surface area (Å²) < 4.78 is 0. The van der Waals surface area contributed by atoms with Gasteiger partial charge in [-0.3, -0.25) is 4.79 Å². The topological polar surface area (TPSA) is 68.4 Å². The highest BCUT2D eigenvalue weighted by molar-refractivity contribution is 6.01. The number of aromatic nitrogens is 1. The molecule has 1 aliphatic heterocycles. The van der Waals surface area contributed by atoms with Crippen molar-refractivity contribution in [2.24, 2.45) is 11.8 Å². The highest BCUT2D eigenvalue weighted by Crippen LogP contribution is 2.54. The molecule has 0 radical (unpaired) electrons. The van der Waals surface area contributed by atoms with E-state index in [1.54, 1.807) is 0 Å². The number of nitrogens with zero attached hydrogens (tertiary/aromatic N) is 1. The first-order valence-electron chi connectivity index (χ1n) is 12.4. The number of H-pyrrole nitrogens is 1. The fourth-order valence-corrected chi connectivity index (χ4v) is 6.22. The molecule has 2 aromatic rings. The van der Waals surface area contributed by atoms with Crippen LogP contribution in [0.1, 0.15) is 71.1 Å². The van der Waals surface area contributed by atoms with Crippen molar-refractivity contribution in [3.63, 3.8) is 0 Å². The average molecular weight is 452 g/mol. The molecule has 2 aliphatic rings. The quantitative estimate of drug-likeness (QED) is 0.584. The zero-order chi connectivity index (χ0) is 24.3. The molecule has 4 atom stereocenters. The van der Waals surface area contributed by atoms with Crippen LogP contribution in [0.3, 0.4) is 0 Å². The first-order valence-corrected chi connectivity index (χ1v) is 12.4. The van der Waals surface area contributed by atoms with Gasteiger partial charge in [0.1, 0.15) is 6.04 Å². The molecule has 0 spiro atoms. The summed E-state index contributed by atoms with van der Waals surface area (Å²) in [6.07, 6.45) is 6.95. The van der Waals surface area contributed by atoms with Gasteiger partial charge in [-0.25, -0.2) is 0 Å². The molecule has 33 heavy (non-hydrogen) atoms. The third kappa shape index (κ3) is 3.51. The van der Waals surface area contributed by atoms with E-state index >= 15 is 0 Å². The number of nitrogens with one attached hydrogen (secondary N) is 2. The van der Waals surface area contributed by atoms with Gasteiger partial charge in [-0.2, -0.15) is 0 Å². The van der Waals surface area contributed by atoms with Crippen molar-refractivity contribution in [2.75, 3.05) is 18.6 Å². The second-order valence-electron chi connectivity index (χ2n) is 11.5. The Labute approximate surface area is 198 Å². The predicted octanol–water partition coefficient (Wildman–Crippen LogP) is 4.81. The summed E-state index contributed by atoms with van der Waals surface area (Å²) >= 11 is 0. The van der Waals surface area contributed by atoms with Crippen LogP contribution in [-0.4, -0.2) is 41.7 Å². The maximum atomic E-state index is 13.3. The van der Waals surface area contributed by atoms with Gasteiger partial charge in [0.05, 0.1) is 18.2 Å². The molecule has 0 fully saturated rings. The van der Waals surface area contributed by atoms with Crippen molar-refractivity contribution in [1.82, 2.24) is 10.3 Å². The number of hydrogen-bond acceptors (Lipinski definition) is 3. The molecule has 1 aromatic carbocycles. The fraction of sp³-hybridized carbons (Fsp3) is 0.607. The molecule has 5 nitrogen and oxygen atoms in total. The molecule has 2 heterocycles. The van der Waals surface area contributed by atoms with Crippen LogP contribution in [-0.2, 0) is 22.0 Å². The molecule has 0 saturated heterocycles. The predicted molar refractivity (Wildman–Crippen MR) is 137 cm³/mol. The Balaban J connectivity index is 2.11. The first kappa shape index (κ1) is 23.9. The van der Waals surface area contributed by atoms with E-state index in [0.717, 1.165) is 29.6 Å². The van der Waals surface area contributed by atoms with Gasteiger partial charge in [0, 0.05) is 29.7 Å². The molecule has 180 valence electrons. The molecule has 0 unspecified atom stereocenters. The van der Waals surface area contributed by atoms with Crippen LogP contribution >= 0.6 is 0 Å². The molecule has 0 bridgehead atoms. The van der Waals surface area contributed by atoms with E-state index < -0.39 is 0 Å².